The Labute approximate surface area is 246 Å². The summed E-state index contributed by atoms with van der Waals surface area (Å²) in [5.74, 6) is -3.21. The highest BCUT2D eigenvalue weighted by atomic mass is 32.2. The van der Waals surface area contributed by atoms with Gasteiger partial charge in [-0.2, -0.15) is 0 Å². The molecule has 0 saturated carbocycles. The maximum absolute atomic E-state index is 13.9. The third kappa shape index (κ3) is 6.12. The van der Waals surface area contributed by atoms with Crippen molar-refractivity contribution in [3.05, 3.63) is 102 Å². The summed E-state index contributed by atoms with van der Waals surface area (Å²) in [4.78, 5) is 35.0. The number of carboxylic acids is 2. The van der Waals surface area contributed by atoms with E-state index < -0.39 is 72.6 Å². The fourth-order valence-electron chi connectivity index (χ4n) is 5.02. The molecular formula is C29H25N3O9S2. The summed E-state index contributed by atoms with van der Waals surface area (Å²) in [6, 6.07) is 18.7. The Morgan fingerprint density at radius 2 is 1.19 bits per heavy atom. The Bertz CT molecular complexity index is 1960. The highest BCUT2D eigenvalue weighted by molar-refractivity contribution is 7.90. The first kappa shape index (κ1) is 29.8. The number of carbonyl (C=O) groups excluding carboxylic acids is 1. The van der Waals surface area contributed by atoms with Gasteiger partial charge in [-0.3, -0.25) is 14.4 Å². The average Bonchev–Trinajstić information content (AvgIpc) is 3.29. The number of nitrogens with one attached hydrogen (secondary N) is 3. The van der Waals surface area contributed by atoms with Gasteiger partial charge in [0.2, 0.25) is 20.0 Å². The lowest BCUT2D eigenvalue weighted by atomic mass is 10.1. The largest absolute Gasteiger partial charge is 0.481 e. The molecule has 0 aliphatic carbocycles. The van der Waals surface area contributed by atoms with Crippen LogP contribution in [0.3, 0.4) is 0 Å². The van der Waals surface area contributed by atoms with E-state index in [1.54, 1.807) is 60.7 Å². The molecule has 4 aromatic carbocycles. The van der Waals surface area contributed by atoms with Crippen LogP contribution in [0.25, 0.3) is 10.8 Å². The van der Waals surface area contributed by atoms with Gasteiger partial charge in [-0.15, -0.1) is 0 Å². The second-order valence-electron chi connectivity index (χ2n) is 9.79. The van der Waals surface area contributed by atoms with Gasteiger partial charge in [0.25, 0.3) is 5.91 Å². The lowest BCUT2D eigenvalue weighted by Gasteiger charge is -2.21. The highest BCUT2D eigenvalue weighted by Crippen LogP contribution is 2.42. The van der Waals surface area contributed by atoms with E-state index in [1.807, 2.05) is 0 Å². The monoisotopic (exact) mass is 623 g/mol. The van der Waals surface area contributed by atoms with Crippen molar-refractivity contribution in [2.24, 2.45) is 0 Å². The van der Waals surface area contributed by atoms with Crippen LogP contribution >= 0.6 is 0 Å². The highest BCUT2D eigenvalue weighted by Gasteiger charge is 2.36. The van der Waals surface area contributed by atoms with Crippen molar-refractivity contribution in [2.75, 3.05) is 5.32 Å². The lowest BCUT2D eigenvalue weighted by Crippen LogP contribution is -2.32. The topological polar surface area (TPSA) is 196 Å². The van der Waals surface area contributed by atoms with E-state index in [-0.39, 0.29) is 22.0 Å². The zero-order valence-corrected chi connectivity index (χ0v) is 23.9. The van der Waals surface area contributed by atoms with Crippen molar-refractivity contribution in [3.63, 3.8) is 0 Å². The fourth-order valence-corrected chi connectivity index (χ4v) is 7.97. The maximum atomic E-state index is 13.9. The number of hydrogen-bond acceptors (Lipinski definition) is 7. The first-order valence-corrected chi connectivity index (χ1v) is 15.8. The molecule has 1 heterocycles. The quantitative estimate of drug-likeness (QED) is 0.157. The zero-order chi connectivity index (χ0) is 30.9. The van der Waals surface area contributed by atoms with E-state index in [9.17, 15) is 41.4 Å². The van der Waals surface area contributed by atoms with Gasteiger partial charge in [0.1, 0.15) is 4.90 Å². The molecule has 1 aliphatic rings. The van der Waals surface area contributed by atoms with E-state index in [4.69, 9.17) is 0 Å². The summed E-state index contributed by atoms with van der Waals surface area (Å²) in [6.45, 7) is 0. The molecule has 12 nitrogen and oxygen atoms in total. The van der Waals surface area contributed by atoms with E-state index in [0.717, 1.165) is 6.07 Å². The molecular weight excluding hydrogens is 598 g/mol. The molecule has 43 heavy (non-hydrogen) atoms. The summed E-state index contributed by atoms with van der Waals surface area (Å²) in [5, 5.41) is 21.5. The summed E-state index contributed by atoms with van der Waals surface area (Å²) >= 11 is 0. The number of rotatable bonds is 12. The van der Waals surface area contributed by atoms with Crippen molar-refractivity contribution in [3.8, 4) is 0 Å². The summed E-state index contributed by atoms with van der Waals surface area (Å²) in [6.07, 6.45) is -1.23. The van der Waals surface area contributed by atoms with Crippen molar-refractivity contribution in [1.29, 1.82) is 0 Å². The van der Waals surface area contributed by atoms with Crippen molar-refractivity contribution in [1.82, 2.24) is 9.44 Å². The molecule has 0 aromatic heterocycles. The van der Waals surface area contributed by atoms with Crippen LogP contribution in [0.4, 0.5) is 5.69 Å². The van der Waals surface area contributed by atoms with Crippen molar-refractivity contribution in [2.45, 2.75) is 34.7 Å². The minimum atomic E-state index is -4.67. The molecule has 0 fully saturated rings. The number of sulfonamides is 2. The van der Waals surface area contributed by atoms with Crippen molar-refractivity contribution < 1.29 is 41.4 Å². The number of benzene rings is 4. The Hall–Kier alpha value is -4.63. The minimum Gasteiger partial charge on any atom is -0.481 e. The second kappa shape index (κ2) is 11.6. The van der Waals surface area contributed by atoms with E-state index in [0.29, 0.717) is 11.1 Å². The molecule has 0 bridgehead atoms. The molecule has 2 atom stereocenters. The van der Waals surface area contributed by atoms with E-state index >= 15 is 0 Å². The molecule has 4 aromatic rings. The Balaban J connectivity index is 1.67. The van der Waals surface area contributed by atoms with Gasteiger partial charge in [-0.1, -0.05) is 72.8 Å². The predicted octanol–water partition coefficient (Wildman–Crippen LogP) is 3.39. The van der Waals surface area contributed by atoms with Gasteiger partial charge in [0, 0.05) is 16.3 Å². The van der Waals surface area contributed by atoms with Crippen LogP contribution in [-0.2, 0) is 29.6 Å². The van der Waals surface area contributed by atoms with Crippen LogP contribution < -0.4 is 14.8 Å². The molecule has 5 N–H and O–H groups in total. The van der Waals surface area contributed by atoms with Crippen LogP contribution in [0.15, 0.2) is 94.7 Å². The summed E-state index contributed by atoms with van der Waals surface area (Å²) in [5.41, 5.74) is 0.597. The lowest BCUT2D eigenvalue weighted by molar-refractivity contribution is -0.138. The second-order valence-corrected chi connectivity index (χ2v) is 13.2. The van der Waals surface area contributed by atoms with Gasteiger partial charge in [-0.05, 0) is 23.3 Å². The Morgan fingerprint density at radius 3 is 1.67 bits per heavy atom. The van der Waals surface area contributed by atoms with Gasteiger partial charge in [0.05, 0.1) is 35.5 Å². The van der Waals surface area contributed by atoms with Crippen molar-refractivity contribution >= 4 is 54.4 Å². The molecule has 2 unspecified atom stereocenters. The third-order valence-electron chi connectivity index (χ3n) is 6.91. The Morgan fingerprint density at radius 1 is 0.698 bits per heavy atom. The number of aliphatic carboxylic acids is 2. The molecule has 0 radical (unpaired) electrons. The molecule has 0 spiro atoms. The number of carboxylic acid groups (broad SMARTS) is 2. The minimum absolute atomic E-state index is 0.0320. The first-order chi connectivity index (χ1) is 20.4. The molecule has 14 heteroatoms. The van der Waals surface area contributed by atoms with Crippen LogP contribution in [-0.4, -0.2) is 44.9 Å². The predicted molar refractivity (Wildman–Crippen MR) is 155 cm³/mol. The molecule has 5 rings (SSSR count). The number of anilines is 1. The van der Waals surface area contributed by atoms with E-state index in [2.05, 4.69) is 14.8 Å². The number of carbonyl (C=O) groups is 3. The normalized spacial score (nSPS) is 14.3. The first-order valence-electron chi connectivity index (χ1n) is 12.9. The third-order valence-corrected chi connectivity index (χ3v) is 9.91. The number of amides is 1. The van der Waals surface area contributed by atoms with Crippen LogP contribution in [0.2, 0.25) is 0 Å². The van der Waals surface area contributed by atoms with Crippen LogP contribution in [0.1, 0.15) is 46.4 Å². The van der Waals surface area contributed by atoms with Gasteiger partial charge in [-0.25, -0.2) is 26.3 Å². The summed E-state index contributed by atoms with van der Waals surface area (Å²) < 4.78 is 60.3. The maximum Gasteiger partial charge on any atom is 0.305 e. The van der Waals surface area contributed by atoms with E-state index in [1.165, 1.54) is 18.2 Å². The fraction of sp³-hybridized carbons (Fsp3) is 0.138. The van der Waals surface area contributed by atoms with Gasteiger partial charge >= 0.3 is 11.9 Å². The number of hydrogen-bond donors (Lipinski definition) is 5. The molecule has 1 amide bonds. The SMILES string of the molecule is O=C(O)CC(NS(=O)(=O)c1cc(S(=O)(=O)NC(CC(=O)O)c2ccccc2)c2cccc3c2c1NC3=O)c1ccccc1. The van der Waals surface area contributed by atoms with Crippen LogP contribution in [0, 0.1) is 0 Å². The molecule has 0 saturated heterocycles. The van der Waals surface area contributed by atoms with Gasteiger partial charge < -0.3 is 15.5 Å². The molecule has 1 aliphatic heterocycles. The Kier molecular flexibility index (Phi) is 8.03. The average molecular weight is 624 g/mol. The smallest absolute Gasteiger partial charge is 0.305 e. The van der Waals surface area contributed by atoms with Gasteiger partial charge in [0.15, 0.2) is 0 Å². The van der Waals surface area contributed by atoms with Crippen LogP contribution in [0.5, 0.6) is 0 Å². The zero-order valence-electron chi connectivity index (χ0n) is 22.2. The molecule has 222 valence electrons. The summed E-state index contributed by atoms with van der Waals surface area (Å²) in [7, 11) is -9.30. The standard InChI is InChI=1S/C29H25N3O9S2/c33-25(34)14-21(17-8-3-1-4-9-17)31-42(38,39)23-16-24(28-27-19(23)12-7-13-20(27)29(37)30-28)43(40,41)32-22(15-26(35)36)18-10-5-2-6-11-18/h1-13,16,21-22,31-32H,14-15H2,(H,30,37)(H,33,34)(H,35,36).